The van der Waals surface area contributed by atoms with Crippen molar-refractivity contribution < 1.29 is 13.9 Å². The van der Waals surface area contributed by atoms with Crippen LogP contribution in [0.3, 0.4) is 0 Å². The fourth-order valence-corrected chi connectivity index (χ4v) is 3.05. The molecule has 0 amide bonds. The minimum Gasteiger partial charge on any atom is -0.508 e. The molecule has 1 aliphatic rings. The molecule has 1 aromatic heterocycles. The van der Waals surface area contributed by atoms with Crippen LogP contribution in [-0.4, -0.2) is 46.4 Å². The van der Waals surface area contributed by atoms with Crippen LogP contribution in [0.2, 0.25) is 0 Å². The van der Waals surface area contributed by atoms with Crippen LogP contribution in [0, 0.1) is 5.82 Å². The number of halogens is 1. The topological polar surface area (TPSA) is 65.6 Å². The van der Waals surface area contributed by atoms with Crippen LogP contribution in [0.15, 0.2) is 52.9 Å². The van der Waals surface area contributed by atoms with Gasteiger partial charge in [-0.2, -0.15) is 0 Å². The number of aromatic nitrogens is 2. The maximum absolute atomic E-state index is 13.0. The Kier molecular flexibility index (Phi) is 4.53. The fourth-order valence-electron chi connectivity index (χ4n) is 3.05. The zero-order valence-electron chi connectivity index (χ0n) is 14.2. The van der Waals surface area contributed by atoms with Crippen LogP contribution in [0.5, 0.6) is 5.75 Å². The lowest BCUT2D eigenvalue weighted by Crippen LogP contribution is -2.46. The van der Waals surface area contributed by atoms with E-state index in [-0.39, 0.29) is 11.6 Å². The van der Waals surface area contributed by atoms with Crippen molar-refractivity contribution in [3.8, 4) is 17.2 Å². The molecule has 7 heteroatoms. The summed E-state index contributed by atoms with van der Waals surface area (Å²) in [4.78, 5) is 4.55. The van der Waals surface area contributed by atoms with Gasteiger partial charge in [-0.05, 0) is 48.5 Å². The molecule has 6 nitrogen and oxygen atoms in total. The maximum atomic E-state index is 13.0. The number of hydrogen-bond donors (Lipinski definition) is 1. The van der Waals surface area contributed by atoms with Gasteiger partial charge in [-0.15, -0.1) is 10.2 Å². The van der Waals surface area contributed by atoms with Gasteiger partial charge in [0.1, 0.15) is 11.6 Å². The van der Waals surface area contributed by atoms with E-state index in [1.54, 1.807) is 24.3 Å². The minimum atomic E-state index is -0.292. The number of phenolic OH excluding ortho intramolecular Hbond substituents is 1. The van der Waals surface area contributed by atoms with Gasteiger partial charge in [0.25, 0.3) is 0 Å². The summed E-state index contributed by atoms with van der Waals surface area (Å²) in [5, 5.41) is 17.5. The molecule has 0 bridgehead atoms. The molecule has 0 radical (unpaired) electrons. The number of benzene rings is 2. The quantitative estimate of drug-likeness (QED) is 0.777. The summed E-state index contributed by atoms with van der Waals surface area (Å²) < 4.78 is 18.7. The fraction of sp³-hybridized carbons (Fsp3) is 0.263. The van der Waals surface area contributed by atoms with Crippen molar-refractivity contribution in [3.63, 3.8) is 0 Å². The molecule has 0 atom stereocenters. The summed E-state index contributed by atoms with van der Waals surface area (Å²) in [7, 11) is 0. The molecule has 3 aromatic rings. The molecule has 0 aliphatic carbocycles. The molecule has 0 spiro atoms. The Morgan fingerprint density at radius 1 is 0.923 bits per heavy atom. The van der Waals surface area contributed by atoms with Crippen LogP contribution >= 0.6 is 0 Å². The molecule has 1 fully saturated rings. The lowest BCUT2D eigenvalue weighted by Gasteiger charge is -2.35. The normalized spacial score (nSPS) is 15.3. The Morgan fingerprint density at radius 2 is 1.62 bits per heavy atom. The highest BCUT2D eigenvalue weighted by Crippen LogP contribution is 2.21. The first-order chi connectivity index (χ1) is 12.7. The zero-order chi connectivity index (χ0) is 17.9. The molecule has 1 saturated heterocycles. The second-order valence-electron chi connectivity index (χ2n) is 6.29. The summed E-state index contributed by atoms with van der Waals surface area (Å²) in [5.41, 5.74) is 1.82. The van der Waals surface area contributed by atoms with Crippen molar-refractivity contribution in [2.24, 2.45) is 0 Å². The standard InChI is InChI=1S/C19H19FN4O2/c20-15-3-1-14(2-4-15)19-22-21-18(26-19)13-23-9-11-24(12-10-23)16-5-7-17(25)8-6-16/h1-8,25H,9-13H2. The molecule has 1 aliphatic heterocycles. The molecule has 2 aromatic carbocycles. The highest BCUT2D eigenvalue weighted by molar-refractivity contribution is 5.52. The summed E-state index contributed by atoms with van der Waals surface area (Å²) in [6, 6.07) is 13.3. The summed E-state index contributed by atoms with van der Waals surface area (Å²) in [6.45, 7) is 4.15. The Morgan fingerprint density at radius 3 is 2.31 bits per heavy atom. The van der Waals surface area contributed by atoms with Crippen molar-refractivity contribution in [1.29, 1.82) is 0 Å². The van der Waals surface area contributed by atoms with E-state index >= 15 is 0 Å². The van der Waals surface area contributed by atoms with Crippen molar-refractivity contribution in [1.82, 2.24) is 15.1 Å². The highest BCUT2D eigenvalue weighted by atomic mass is 19.1. The molecule has 134 valence electrons. The second-order valence-corrected chi connectivity index (χ2v) is 6.29. The Labute approximate surface area is 150 Å². The summed E-state index contributed by atoms with van der Waals surface area (Å²) >= 11 is 0. The highest BCUT2D eigenvalue weighted by Gasteiger charge is 2.19. The molecular weight excluding hydrogens is 335 g/mol. The number of aromatic hydroxyl groups is 1. The number of anilines is 1. The molecule has 2 heterocycles. The number of phenols is 1. The van der Waals surface area contributed by atoms with E-state index in [0.29, 0.717) is 23.9 Å². The first kappa shape index (κ1) is 16.5. The Balaban J connectivity index is 1.34. The van der Waals surface area contributed by atoms with Crippen molar-refractivity contribution in [2.75, 3.05) is 31.1 Å². The van der Waals surface area contributed by atoms with E-state index in [1.165, 1.54) is 12.1 Å². The molecule has 1 N–H and O–H groups in total. The Hall–Kier alpha value is -2.93. The van der Waals surface area contributed by atoms with Gasteiger partial charge in [0.05, 0.1) is 6.54 Å². The van der Waals surface area contributed by atoms with Gasteiger partial charge >= 0.3 is 0 Å². The summed E-state index contributed by atoms with van der Waals surface area (Å²) in [6.07, 6.45) is 0. The molecule has 26 heavy (non-hydrogen) atoms. The largest absolute Gasteiger partial charge is 0.508 e. The number of hydrogen-bond acceptors (Lipinski definition) is 6. The van der Waals surface area contributed by atoms with E-state index in [4.69, 9.17) is 4.42 Å². The van der Waals surface area contributed by atoms with Crippen molar-refractivity contribution >= 4 is 5.69 Å². The maximum Gasteiger partial charge on any atom is 0.247 e. The van der Waals surface area contributed by atoms with E-state index in [9.17, 15) is 9.50 Å². The first-order valence-corrected chi connectivity index (χ1v) is 8.52. The third kappa shape index (κ3) is 3.67. The van der Waals surface area contributed by atoms with Gasteiger partial charge in [0.2, 0.25) is 11.8 Å². The van der Waals surface area contributed by atoms with Crippen molar-refractivity contribution in [2.45, 2.75) is 6.54 Å². The van der Waals surface area contributed by atoms with E-state index in [1.807, 2.05) is 12.1 Å². The third-order valence-electron chi connectivity index (χ3n) is 4.50. The van der Waals surface area contributed by atoms with E-state index < -0.39 is 0 Å². The lowest BCUT2D eigenvalue weighted by atomic mass is 10.2. The SMILES string of the molecule is Oc1ccc(N2CCN(Cc3nnc(-c4ccc(F)cc4)o3)CC2)cc1. The monoisotopic (exact) mass is 354 g/mol. The van der Waals surface area contributed by atoms with Gasteiger partial charge in [-0.25, -0.2) is 4.39 Å². The predicted molar refractivity (Wildman–Crippen MR) is 95.3 cm³/mol. The van der Waals surface area contributed by atoms with E-state index in [0.717, 1.165) is 31.9 Å². The summed E-state index contributed by atoms with van der Waals surface area (Å²) in [5.74, 6) is 0.950. The smallest absolute Gasteiger partial charge is 0.247 e. The van der Waals surface area contributed by atoms with Crippen LogP contribution in [0.1, 0.15) is 5.89 Å². The number of nitrogens with zero attached hydrogens (tertiary/aromatic N) is 4. The van der Waals surface area contributed by atoms with Gasteiger partial charge in [0.15, 0.2) is 0 Å². The van der Waals surface area contributed by atoms with Crippen LogP contribution in [0.25, 0.3) is 11.5 Å². The number of piperazine rings is 1. The average Bonchev–Trinajstić information content (AvgIpc) is 3.12. The second kappa shape index (κ2) is 7.13. The van der Waals surface area contributed by atoms with Gasteiger partial charge < -0.3 is 14.4 Å². The Bertz CT molecular complexity index is 856. The molecular formula is C19H19FN4O2. The van der Waals surface area contributed by atoms with Gasteiger partial charge in [-0.3, -0.25) is 4.90 Å². The first-order valence-electron chi connectivity index (χ1n) is 8.52. The van der Waals surface area contributed by atoms with Crippen LogP contribution in [-0.2, 0) is 6.54 Å². The third-order valence-corrected chi connectivity index (χ3v) is 4.50. The van der Waals surface area contributed by atoms with Crippen LogP contribution in [0.4, 0.5) is 10.1 Å². The van der Waals surface area contributed by atoms with Gasteiger partial charge in [-0.1, -0.05) is 0 Å². The zero-order valence-corrected chi connectivity index (χ0v) is 14.2. The number of rotatable bonds is 4. The van der Waals surface area contributed by atoms with E-state index in [2.05, 4.69) is 20.0 Å². The van der Waals surface area contributed by atoms with Gasteiger partial charge in [0, 0.05) is 37.4 Å². The lowest BCUT2D eigenvalue weighted by molar-refractivity contribution is 0.227. The predicted octanol–water partition coefficient (Wildman–Crippen LogP) is 2.90. The molecule has 0 unspecified atom stereocenters. The minimum absolute atomic E-state index is 0.278. The molecule has 4 rings (SSSR count). The average molecular weight is 354 g/mol. The van der Waals surface area contributed by atoms with Crippen molar-refractivity contribution in [3.05, 3.63) is 60.2 Å². The molecule has 0 saturated carbocycles. The van der Waals surface area contributed by atoms with Crippen LogP contribution < -0.4 is 4.90 Å².